The van der Waals surface area contributed by atoms with Crippen LogP contribution in [0.4, 0.5) is 0 Å². The largest absolute Gasteiger partial charge is 0.308 e. The van der Waals surface area contributed by atoms with Gasteiger partial charge in [0.2, 0.25) is 0 Å². The van der Waals surface area contributed by atoms with E-state index in [1.54, 1.807) is 0 Å². The number of hydrogen-bond acceptors (Lipinski definition) is 0. The molecule has 0 aliphatic rings. The molecule has 0 spiro atoms. The molecular formula is C128H132N4. The van der Waals surface area contributed by atoms with Crippen LogP contribution in [-0.4, -0.2) is 17.6 Å². The molecular weight excluding hydrogens is 1590 g/mol. The van der Waals surface area contributed by atoms with E-state index >= 15 is 0 Å². The number of benzene rings is 20. The first-order valence-electron chi connectivity index (χ1n) is 49.5. The summed E-state index contributed by atoms with van der Waals surface area (Å²) in [5.74, 6) is 0. The predicted octanol–water partition coefficient (Wildman–Crippen LogP) is 40.9. The molecule has 0 radical (unpaired) electrons. The van der Waals surface area contributed by atoms with Crippen LogP contribution in [0, 0.1) is 0 Å². The van der Waals surface area contributed by atoms with E-state index < -0.39 is 0 Å². The Kier molecular flexibility index (Phi) is 31.3. The Hall–Kier alpha value is -14.3. The van der Waals surface area contributed by atoms with Crippen LogP contribution in [-0.2, 0) is 0 Å². The fourth-order valence-corrected chi connectivity index (χ4v) is 19.5. The van der Waals surface area contributed by atoms with Crippen LogP contribution < -0.4 is 0 Å². The van der Waals surface area contributed by atoms with Crippen molar-refractivity contribution in [1.29, 1.82) is 0 Å². The molecule has 664 valence electrons. The molecule has 0 bridgehead atoms. The SMILES string of the molecule is CC.CC.CC.CC.CC.CC.CC.CC.CC.CC.CC.CC.c1ccc2c(c1)ccc1c3cccc4c5ccc6ccccc6c5n(c21)c34.c1ccc2cc3c(cc2c1)c1cccc2c4cc5ccccc5cc4n3c12.c1ccc2cc3c(cc2c1)c1cccc2c4cc5ccccc5cc4n3c12.c1ccc2cc3c(cc2c1)c1cccc2c4cc5ccccc5cc4n3c12. The number of nitrogens with zero attached hydrogens (tertiary/aromatic N) is 4. The highest BCUT2D eigenvalue weighted by molar-refractivity contribution is 6.32. The van der Waals surface area contributed by atoms with Crippen molar-refractivity contribution in [2.24, 2.45) is 0 Å². The average molecular weight is 1730 g/mol. The van der Waals surface area contributed by atoms with Gasteiger partial charge in [-0.05, 0) is 148 Å². The lowest BCUT2D eigenvalue weighted by Gasteiger charge is -2.05. The maximum atomic E-state index is 2.51. The van der Waals surface area contributed by atoms with Gasteiger partial charge in [-0.3, -0.25) is 0 Å². The molecule has 20 aromatic carbocycles. The standard InChI is InChI=1S/4C26H15N.12C2H6/c3*1-3-8-18-14-24-22(12-16(18)6-1)20-10-5-11-21-23-13-17-7-2-4-9-19(17)15-25(23)27(24)26(20)21;1-3-8-18-16(6-1)12-14-22-20-10-5-11-21-23-15-13-17-7-2-4-9-19(17)25(23)27(24(18)22)26(20)21;12*1-2/h4*1-15H;12*1-2H3. The van der Waals surface area contributed by atoms with Gasteiger partial charge in [0, 0.05) is 97.0 Å². The van der Waals surface area contributed by atoms with Crippen LogP contribution in [0.5, 0.6) is 0 Å². The topological polar surface area (TPSA) is 17.6 Å². The highest BCUT2D eigenvalue weighted by atomic mass is 14.9. The van der Waals surface area contributed by atoms with Gasteiger partial charge >= 0.3 is 0 Å². The molecule has 0 saturated heterocycles. The van der Waals surface area contributed by atoms with Gasteiger partial charge in [-0.1, -0.05) is 457 Å². The smallest absolute Gasteiger partial charge is 0.0621 e. The number of hydrogen-bond donors (Lipinski definition) is 0. The van der Waals surface area contributed by atoms with Crippen molar-refractivity contribution in [3.05, 3.63) is 364 Å². The second-order valence-corrected chi connectivity index (χ2v) is 29.8. The minimum absolute atomic E-state index is 1.29. The summed E-state index contributed by atoms with van der Waals surface area (Å²) in [7, 11) is 0. The molecule has 0 amide bonds. The number of para-hydroxylation sites is 4. The molecule has 0 aliphatic heterocycles. The molecule has 132 heavy (non-hydrogen) atoms. The third kappa shape index (κ3) is 16.1. The molecule has 4 heteroatoms. The molecule has 4 nitrogen and oxygen atoms in total. The zero-order valence-electron chi connectivity index (χ0n) is 82.4. The first kappa shape index (κ1) is 95.3. The van der Waals surface area contributed by atoms with Gasteiger partial charge in [0.1, 0.15) is 0 Å². The number of aromatic nitrogens is 4. The van der Waals surface area contributed by atoms with Gasteiger partial charge in [0.15, 0.2) is 0 Å². The van der Waals surface area contributed by atoms with Crippen LogP contribution in [0.15, 0.2) is 364 Å². The summed E-state index contributed by atoms with van der Waals surface area (Å²) in [6.45, 7) is 48.0. The summed E-state index contributed by atoms with van der Waals surface area (Å²) in [4.78, 5) is 0. The van der Waals surface area contributed by atoms with Crippen molar-refractivity contribution in [3.8, 4) is 0 Å². The normalized spacial score (nSPS) is 10.7. The molecule has 0 aliphatic carbocycles. The van der Waals surface area contributed by atoms with Crippen molar-refractivity contribution in [2.45, 2.75) is 166 Å². The monoisotopic (exact) mass is 1730 g/mol. The summed E-state index contributed by atoms with van der Waals surface area (Å²) in [6, 6.07) is 133. The van der Waals surface area contributed by atoms with E-state index in [0.717, 1.165) is 0 Å². The van der Waals surface area contributed by atoms with Crippen molar-refractivity contribution in [2.75, 3.05) is 0 Å². The van der Waals surface area contributed by atoms with E-state index in [-0.39, 0.29) is 0 Å². The van der Waals surface area contributed by atoms with Crippen LogP contribution >= 0.6 is 0 Å². The molecule has 0 atom stereocenters. The molecule has 0 N–H and O–H groups in total. The Balaban J connectivity index is 0.000000139. The first-order valence-corrected chi connectivity index (χ1v) is 49.5. The van der Waals surface area contributed by atoms with Gasteiger partial charge in [0.25, 0.3) is 0 Å². The molecule has 0 saturated carbocycles. The summed E-state index contributed by atoms with van der Waals surface area (Å²) >= 11 is 0. The summed E-state index contributed by atoms with van der Waals surface area (Å²) in [5, 5.41) is 42.2. The van der Waals surface area contributed by atoms with E-state index in [1.165, 1.54) is 239 Å². The van der Waals surface area contributed by atoms with E-state index in [2.05, 4.69) is 382 Å². The predicted molar refractivity (Wildman–Crippen MR) is 601 cm³/mol. The Morgan fingerprint density at radius 2 is 0.227 bits per heavy atom. The van der Waals surface area contributed by atoms with Crippen LogP contribution in [0.3, 0.4) is 0 Å². The lowest BCUT2D eigenvalue weighted by atomic mass is 10.0. The first-order chi connectivity index (χ1) is 65.6. The summed E-state index contributed by atoms with van der Waals surface area (Å²) < 4.78 is 9.91. The van der Waals surface area contributed by atoms with E-state index in [4.69, 9.17) is 0 Å². The minimum atomic E-state index is 1.29. The summed E-state index contributed by atoms with van der Waals surface area (Å²) in [5.41, 5.74) is 15.8. The zero-order chi connectivity index (χ0) is 94.1. The molecule has 0 unspecified atom stereocenters. The Bertz CT molecular complexity index is 7620. The van der Waals surface area contributed by atoms with E-state index in [9.17, 15) is 0 Å². The Morgan fingerprint density at radius 1 is 0.0985 bits per heavy atom. The fourth-order valence-electron chi connectivity index (χ4n) is 19.5. The summed E-state index contributed by atoms with van der Waals surface area (Å²) in [6.07, 6.45) is 0. The maximum Gasteiger partial charge on any atom is 0.0621 e. The van der Waals surface area contributed by atoms with Gasteiger partial charge < -0.3 is 17.6 Å². The van der Waals surface area contributed by atoms with Crippen molar-refractivity contribution < 1.29 is 0 Å². The quantitative estimate of drug-likeness (QED) is 0.144. The van der Waals surface area contributed by atoms with Crippen LogP contribution in [0.2, 0.25) is 0 Å². The van der Waals surface area contributed by atoms with Crippen LogP contribution in [0.25, 0.3) is 239 Å². The van der Waals surface area contributed by atoms with E-state index in [0.29, 0.717) is 0 Å². The molecule has 8 heterocycles. The Labute approximate surface area is 780 Å². The average Bonchev–Trinajstić information content (AvgIpc) is 1.55. The van der Waals surface area contributed by atoms with Crippen LogP contribution in [0.1, 0.15) is 166 Å². The van der Waals surface area contributed by atoms with Gasteiger partial charge in [0.05, 0.1) is 66.2 Å². The fraction of sp³-hybridized carbons (Fsp3) is 0.188. The van der Waals surface area contributed by atoms with Crippen molar-refractivity contribution in [1.82, 2.24) is 17.6 Å². The van der Waals surface area contributed by atoms with Gasteiger partial charge in [-0.15, -0.1) is 0 Å². The molecule has 28 aromatic rings. The van der Waals surface area contributed by atoms with Gasteiger partial charge in [-0.2, -0.15) is 0 Å². The lowest BCUT2D eigenvalue weighted by molar-refractivity contribution is 1.38. The highest BCUT2D eigenvalue weighted by Crippen LogP contribution is 2.48. The van der Waals surface area contributed by atoms with Crippen molar-refractivity contribution >= 4 is 239 Å². The van der Waals surface area contributed by atoms with E-state index in [1.807, 2.05) is 166 Å². The zero-order valence-corrected chi connectivity index (χ0v) is 82.4. The third-order valence-corrected chi connectivity index (χ3v) is 24.2. The Morgan fingerprint density at radius 3 is 0.417 bits per heavy atom. The second kappa shape index (κ2) is 43.4. The lowest BCUT2D eigenvalue weighted by Crippen LogP contribution is -1.84. The molecule has 0 fully saturated rings. The number of rotatable bonds is 0. The molecule has 8 aromatic heterocycles. The number of fused-ring (bicyclic) bond motifs is 34. The highest BCUT2D eigenvalue weighted by Gasteiger charge is 2.24. The third-order valence-electron chi connectivity index (χ3n) is 24.2. The maximum absolute atomic E-state index is 2.51. The van der Waals surface area contributed by atoms with Crippen molar-refractivity contribution in [3.63, 3.8) is 0 Å². The second-order valence-electron chi connectivity index (χ2n) is 29.8. The van der Waals surface area contributed by atoms with Gasteiger partial charge in [-0.25, -0.2) is 0 Å². The minimum Gasteiger partial charge on any atom is -0.308 e. The molecule has 28 rings (SSSR count).